The standard InChI is InChI=1S/C23H18Cl2N6OS/c1-13-21(14(2)30(29-13)12-15-5-6-17(24)18(25)10-15)28-23(32)16-11-27-31-19(7-8-26-22(16)31)20-4-3-9-33-20/h3-11H,12H2,1-2H3,(H,28,32). The summed E-state index contributed by atoms with van der Waals surface area (Å²) in [6, 6.07) is 11.3. The first-order valence-electron chi connectivity index (χ1n) is 10.1. The number of nitrogens with zero attached hydrogens (tertiary/aromatic N) is 5. The van der Waals surface area contributed by atoms with Crippen LogP contribution in [0, 0.1) is 13.8 Å². The van der Waals surface area contributed by atoms with Gasteiger partial charge in [0.05, 0.1) is 50.4 Å². The fourth-order valence-corrected chi connectivity index (χ4v) is 4.74. The van der Waals surface area contributed by atoms with E-state index in [1.807, 2.05) is 54.2 Å². The Labute approximate surface area is 203 Å². The lowest BCUT2D eigenvalue weighted by Crippen LogP contribution is -2.13. The minimum absolute atomic E-state index is 0.291. The van der Waals surface area contributed by atoms with Gasteiger partial charge in [-0.1, -0.05) is 35.3 Å². The summed E-state index contributed by atoms with van der Waals surface area (Å²) in [6.45, 7) is 4.27. The van der Waals surface area contributed by atoms with Crippen LogP contribution in [0.1, 0.15) is 27.3 Å². The number of amides is 1. The Kier molecular flexibility index (Phi) is 5.65. The van der Waals surface area contributed by atoms with Crippen molar-refractivity contribution < 1.29 is 4.79 Å². The zero-order chi connectivity index (χ0) is 23.1. The van der Waals surface area contributed by atoms with E-state index in [1.54, 1.807) is 34.3 Å². The fourth-order valence-electron chi connectivity index (χ4n) is 3.69. The number of hydrogen-bond donors (Lipinski definition) is 1. The number of thiophene rings is 1. The van der Waals surface area contributed by atoms with Crippen LogP contribution in [0.4, 0.5) is 5.69 Å². The van der Waals surface area contributed by atoms with Crippen molar-refractivity contribution in [3.63, 3.8) is 0 Å². The highest BCUT2D eigenvalue weighted by Gasteiger charge is 2.20. The summed E-state index contributed by atoms with van der Waals surface area (Å²) in [5, 5.41) is 15.0. The van der Waals surface area contributed by atoms with Crippen LogP contribution in [0.2, 0.25) is 10.0 Å². The average Bonchev–Trinajstić information content (AvgIpc) is 3.53. The van der Waals surface area contributed by atoms with Crippen molar-refractivity contribution in [3.05, 3.63) is 86.7 Å². The molecule has 0 saturated carbocycles. The van der Waals surface area contributed by atoms with E-state index in [4.69, 9.17) is 23.2 Å². The molecule has 0 aliphatic heterocycles. The zero-order valence-corrected chi connectivity index (χ0v) is 20.0. The van der Waals surface area contributed by atoms with Gasteiger partial charge >= 0.3 is 0 Å². The van der Waals surface area contributed by atoms with Crippen molar-refractivity contribution >= 4 is 51.8 Å². The maximum absolute atomic E-state index is 13.2. The number of aromatic nitrogens is 5. The number of carbonyl (C=O) groups excluding carboxylic acids is 1. The molecule has 7 nitrogen and oxygen atoms in total. The average molecular weight is 497 g/mol. The third kappa shape index (κ3) is 4.01. The Bertz CT molecular complexity index is 1490. The van der Waals surface area contributed by atoms with Crippen molar-refractivity contribution in [2.24, 2.45) is 0 Å². The molecule has 5 rings (SSSR count). The summed E-state index contributed by atoms with van der Waals surface area (Å²) in [7, 11) is 0. The van der Waals surface area contributed by atoms with Gasteiger partial charge in [0.2, 0.25) is 0 Å². The maximum atomic E-state index is 13.2. The zero-order valence-electron chi connectivity index (χ0n) is 17.7. The van der Waals surface area contributed by atoms with Gasteiger partial charge in [0, 0.05) is 6.20 Å². The molecule has 0 atom stereocenters. The van der Waals surface area contributed by atoms with Crippen LogP contribution in [-0.4, -0.2) is 30.3 Å². The topological polar surface area (TPSA) is 77.1 Å². The summed E-state index contributed by atoms with van der Waals surface area (Å²) in [4.78, 5) is 18.6. The molecule has 0 aliphatic carbocycles. The maximum Gasteiger partial charge on any atom is 0.261 e. The highest BCUT2D eigenvalue weighted by atomic mass is 35.5. The molecule has 1 aromatic carbocycles. The Hall–Kier alpha value is -3.20. The van der Waals surface area contributed by atoms with Crippen LogP contribution in [0.3, 0.4) is 0 Å². The molecule has 33 heavy (non-hydrogen) atoms. The van der Waals surface area contributed by atoms with E-state index in [2.05, 4.69) is 20.5 Å². The van der Waals surface area contributed by atoms with Crippen molar-refractivity contribution in [3.8, 4) is 10.6 Å². The molecule has 0 unspecified atom stereocenters. The van der Waals surface area contributed by atoms with Crippen molar-refractivity contribution in [2.75, 3.05) is 5.32 Å². The van der Waals surface area contributed by atoms with E-state index in [1.165, 1.54) is 0 Å². The van der Waals surface area contributed by atoms with E-state index in [-0.39, 0.29) is 5.91 Å². The first-order chi connectivity index (χ1) is 15.9. The van der Waals surface area contributed by atoms with E-state index < -0.39 is 0 Å². The third-order valence-corrected chi connectivity index (χ3v) is 6.99. The largest absolute Gasteiger partial charge is 0.319 e. The second kappa shape index (κ2) is 8.62. The lowest BCUT2D eigenvalue weighted by atomic mass is 10.2. The van der Waals surface area contributed by atoms with Crippen molar-refractivity contribution in [1.29, 1.82) is 0 Å². The van der Waals surface area contributed by atoms with Crippen molar-refractivity contribution in [1.82, 2.24) is 24.4 Å². The molecule has 0 fully saturated rings. The van der Waals surface area contributed by atoms with Crippen LogP contribution in [0.5, 0.6) is 0 Å². The summed E-state index contributed by atoms with van der Waals surface area (Å²) in [5.41, 5.74) is 4.94. The number of nitrogens with one attached hydrogen (secondary N) is 1. The molecule has 0 saturated heterocycles. The number of benzene rings is 1. The summed E-state index contributed by atoms with van der Waals surface area (Å²) in [5.74, 6) is -0.291. The van der Waals surface area contributed by atoms with Crippen LogP contribution in [0.15, 0.2) is 54.2 Å². The Morgan fingerprint density at radius 1 is 1.15 bits per heavy atom. The molecule has 4 aromatic heterocycles. The van der Waals surface area contributed by atoms with Gasteiger partial charge in [-0.2, -0.15) is 10.2 Å². The van der Waals surface area contributed by atoms with Crippen LogP contribution in [-0.2, 0) is 6.54 Å². The van der Waals surface area contributed by atoms with Gasteiger partial charge in [0.1, 0.15) is 5.56 Å². The van der Waals surface area contributed by atoms with Gasteiger partial charge in [-0.3, -0.25) is 9.48 Å². The van der Waals surface area contributed by atoms with E-state index in [0.29, 0.717) is 39.2 Å². The molecule has 0 aliphatic rings. The van der Waals surface area contributed by atoms with Gasteiger partial charge < -0.3 is 5.32 Å². The number of hydrogen-bond acceptors (Lipinski definition) is 5. The molecule has 166 valence electrons. The van der Waals surface area contributed by atoms with Gasteiger partial charge in [-0.05, 0) is 49.1 Å². The van der Waals surface area contributed by atoms with Gasteiger partial charge in [-0.25, -0.2) is 9.50 Å². The molecule has 4 heterocycles. The van der Waals surface area contributed by atoms with Crippen LogP contribution in [0.25, 0.3) is 16.2 Å². The Balaban J connectivity index is 1.43. The van der Waals surface area contributed by atoms with Crippen LogP contribution < -0.4 is 5.32 Å². The summed E-state index contributed by atoms with van der Waals surface area (Å²) in [6.07, 6.45) is 3.23. The van der Waals surface area contributed by atoms with Gasteiger partial charge in [0.25, 0.3) is 5.91 Å². The smallest absolute Gasteiger partial charge is 0.261 e. The number of carbonyl (C=O) groups is 1. The van der Waals surface area contributed by atoms with Gasteiger partial charge in [-0.15, -0.1) is 11.3 Å². The molecule has 1 N–H and O–H groups in total. The molecule has 0 bridgehead atoms. The Morgan fingerprint density at radius 2 is 2.00 bits per heavy atom. The minimum atomic E-state index is -0.291. The first-order valence-corrected chi connectivity index (χ1v) is 11.7. The molecule has 5 aromatic rings. The molecule has 1 amide bonds. The number of anilines is 1. The second-order valence-electron chi connectivity index (χ2n) is 7.51. The van der Waals surface area contributed by atoms with Gasteiger partial charge in [0.15, 0.2) is 5.65 Å². The first kappa shape index (κ1) is 21.6. The minimum Gasteiger partial charge on any atom is -0.319 e. The quantitative estimate of drug-likeness (QED) is 0.329. The molecule has 0 spiro atoms. The third-order valence-electron chi connectivity index (χ3n) is 5.36. The molecular weight excluding hydrogens is 479 g/mol. The second-order valence-corrected chi connectivity index (χ2v) is 9.27. The number of aryl methyl sites for hydroxylation is 1. The van der Waals surface area contributed by atoms with E-state index >= 15 is 0 Å². The molecule has 10 heteroatoms. The lowest BCUT2D eigenvalue weighted by Gasteiger charge is -2.08. The van der Waals surface area contributed by atoms with E-state index in [0.717, 1.165) is 21.8 Å². The lowest BCUT2D eigenvalue weighted by molar-refractivity contribution is 0.102. The van der Waals surface area contributed by atoms with Crippen molar-refractivity contribution in [2.45, 2.75) is 20.4 Å². The van der Waals surface area contributed by atoms with Crippen LogP contribution >= 0.6 is 34.5 Å². The normalized spacial score (nSPS) is 11.3. The molecule has 0 radical (unpaired) electrons. The predicted octanol–water partition coefficient (Wildman–Crippen LogP) is 5.88. The highest BCUT2D eigenvalue weighted by Crippen LogP contribution is 2.27. The number of rotatable bonds is 5. The highest BCUT2D eigenvalue weighted by molar-refractivity contribution is 7.13. The molecular formula is C23H18Cl2N6OS. The fraction of sp³-hybridized carbons (Fsp3) is 0.130. The summed E-state index contributed by atoms with van der Waals surface area (Å²) < 4.78 is 3.52. The van der Waals surface area contributed by atoms with E-state index in [9.17, 15) is 4.79 Å². The SMILES string of the molecule is Cc1nn(Cc2ccc(Cl)c(Cl)c2)c(C)c1NC(=O)c1cnn2c(-c3cccs3)ccnc12. The number of fused-ring (bicyclic) bond motifs is 1. The Morgan fingerprint density at radius 3 is 2.76 bits per heavy atom. The number of halogens is 2. The monoisotopic (exact) mass is 496 g/mol. The summed E-state index contributed by atoms with van der Waals surface area (Å²) >= 11 is 13.8. The predicted molar refractivity (Wildman–Crippen MR) is 132 cm³/mol.